The number of carboxylic acids is 1. The maximum absolute atomic E-state index is 15.6. The average Bonchev–Trinajstić information content (AvgIpc) is 1.66. The first-order valence-corrected chi connectivity index (χ1v) is 49.0. The Hall–Kier alpha value is -13.4. The SMILES string of the molecule is CSCC[C@H](NC(=O)[C@H](CCCNC(=N)N)NC(=O)[C@H](Cc1c[nH]c2ccccc12)NC(=O)[C@H](CCC(N)=O)NC(=O)[C@H](Cc1c[nH]c2ccccc12)NC(=O)[C@H](CCCNC(=N)N)NC(=O)[C@H](Cc1ccccc1)NC(=O)[C@H](CS)NC(=O)[C@H](CCCCN)NC(=O)[C@@H](N)Cc1ccccc1)C(=O)N[C@@H](CCCCN)C(=O)N[C@@H](CCCCN)C(=O)N[C@@H](CC(C)C)C(=O)NCC(=O)N[C@@H](C)C(=O)O. The van der Waals surface area contributed by atoms with Crippen LogP contribution >= 0.6 is 24.4 Å². The standard InChI is InChI=1S/C94H141N27O17S2/c1-54(2)45-72(80(125)108-52-78(123)109-55(3)92(137)138)117-83(128)67(33-17-20-41-97)111-81(126)66(32-16-19-40-96)112-87(132)71(38-44-140-4)116-82(127)68(34-21-42-104-93(100)101)114-89(134)74(48-58-50-106-63-29-13-11-27-60(58)63)120-86(131)70(36-37-77(99)122)115-90(135)75(49-59-51-107-64-30-14-12-28-61(59)64)119-84(129)69(35-22-43-105-94(102)103)113-88(133)73(47-57-25-9-6-10-26-57)118-91(136)76(53-139)121-85(130)65(31-15-18-39-95)110-79(124)62(98)46-56-23-7-5-8-24-56/h5-14,23-30,50-51,54-55,62,65-76,106-107,139H,15-22,31-49,52-53,95-98H2,1-4H3,(H2,99,122)(H,108,125)(H,109,123)(H,110,124)(H,111,126)(H,112,132)(H,113,133)(H,114,134)(H,115,135)(H,116,127)(H,117,128)(H,118,136)(H,119,129)(H,120,131)(H,121,130)(H,137,138)(H4,100,101,104)(H4,102,103,105)/t55-,62-,65-,66-,67-,68-,69-,70-,71-,72-,73-,74-,75-,76-/m0/s1. The third-order valence-corrected chi connectivity index (χ3v) is 23.9. The van der Waals surface area contributed by atoms with Crippen LogP contribution in [0.25, 0.3) is 21.8 Å². The number of benzene rings is 4. The fourth-order valence-electron chi connectivity index (χ4n) is 15.2. The Morgan fingerprint density at radius 2 is 0.707 bits per heavy atom. The smallest absolute Gasteiger partial charge is 0.325 e. The molecule has 0 saturated carbocycles. The van der Waals surface area contributed by atoms with Crippen molar-refractivity contribution in [3.8, 4) is 0 Å². The van der Waals surface area contributed by atoms with E-state index in [9.17, 15) is 53.1 Å². The quantitative estimate of drug-likeness (QED) is 0.00825. The van der Waals surface area contributed by atoms with Gasteiger partial charge in [-0.2, -0.15) is 24.4 Å². The van der Waals surface area contributed by atoms with E-state index in [2.05, 4.69) is 108 Å². The summed E-state index contributed by atoms with van der Waals surface area (Å²) < 4.78 is 0. The molecule has 4 aromatic carbocycles. The van der Waals surface area contributed by atoms with Crippen LogP contribution in [0.2, 0.25) is 0 Å². The van der Waals surface area contributed by atoms with Crippen LogP contribution in [0, 0.1) is 16.7 Å². The van der Waals surface area contributed by atoms with Gasteiger partial charge in [0.1, 0.15) is 78.5 Å². The zero-order chi connectivity index (χ0) is 103. The highest BCUT2D eigenvalue weighted by Gasteiger charge is 2.39. The van der Waals surface area contributed by atoms with Crippen molar-refractivity contribution in [3.05, 3.63) is 144 Å². The van der Waals surface area contributed by atoms with Gasteiger partial charge in [0, 0.05) is 78.7 Å². The normalized spacial score (nSPS) is 14.2. The summed E-state index contributed by atoms with van der Waals surface area (Å²) in [6.45, 7) is 4.83. The van der Waals surface area contributed by atoms with Crippen molar-refractivity contribution in [2.75, 3.05) is 57.0 Å². The van der Waals surface area contributed by atoms with Gasteiger partial charge >= 0.3 is 5.97 Å². The number of carboxylic acid groups (broad SMARTS) is 1. The predicted molar refractivity (Wildman–Crippen MR) is 535 cm³/mol. The van der Waals surface area contributed by atoms with Crippen LogP contribution in [0.15, 0.2) is 122 Å². The van der Waals surface area contributed by atoms with Crippen LogP contribution in [0.3, 0.4) is 0 Å². The first-order chi connectivity index (χ1) is 66.9. The van der Waals surface area contributed by atoms with E-state index >= 15 is 28.8 Å². The van der Waals surface area contributed by atoms with E-state index in [4.69, 9.17) is 51.0 Å². The molecular formula is C94H141N27O17S2. The topological polar surface area (TPSA) is 747 Å². The Kier molecular flexibility index (Phi) is 50.9. The van der Waals surface area contributed by atoms with Crippen molar-refractivity contribution in [1.29, 1.82) is 10.8 Å². The molecule has 0 saturated heterocycles. The second-order valence-electron chi connectivity index (χ2n) is 34.6. The monoisotopic (exact) mass is 1980 g/mol. The molecule has 46 heteroatoms. The lowest BCUT2D eigenvalue weighted by atomic mass is 10.0. The van der Waals surface area contributed by atoms with Crippen molar-refractivity contribution in [2.45, 2.75) is 240 Å². The molecule has 0 spiro atoms. The lowest BCUT2D eigenvalue weighted by Crippen LogP contribution is -2.61. The van der Waals surface area contributed by atoms with E-state index in [-0.39, 0.29) is 140 Å². The van der Waals surface area contributed by atoms with Crippen LogP contribution < -0.4 is 125 Å². The summed E-state index contributed by atoms with van der Waals surface area (Å²) in [5, 5.41) is 69.1. The molecule has 140 heavy (non-hydrogen) atoms. The molecule has 6 aromatic rings. The van der Waals surface area contributed by atoms with Crippen LogP contribution in [0.4, 0.5) is 0 Å². The number of rotatable bonds is 66. The van der Waals surface area contributed by atoms with Crippen LogP contribution in [0.1, 0.15) is 152 Å². The first kappa shape index (κ1) is 115. The highest BCUT2D eigenvalue weighted by molar-refractivity contribution is 7.98. The highest BCUT2D eigenvalue weighted by Crippen LogP contribution is 2.23. The second-order valence-corrected chi connectivity index (χ2v) is 36.0. The van der Waals surface area contributed by atoms with E-state index in [1.54, 1.807) is 136 Å². The Labute approximate surface area is 823 Å². The van der Waals surface area contributed by atoms with Gasteiger partial charge in [-0.15, -0.1) is 0 Å². The number of nitrogens with two attached hydrogens (primary N) is 7. The van der Waals surface area contributed by atoms with Crippen molar-refractivity contribution in [3.63, 3.8) is 0 Å². The second kappa shape index (κ2) is 61.8. The molecule has 0 aliphatic rings. The Balaban J connectivity index is 1.33. The highest BCUT2D eigenvalue weighted by atomic mass is 32.2. The number of hydrogen-bond acceptors (Lipinski definition) is 24. The number of aromatic amines is 2. The molecule has 0 radical (unpaired) electrons. The maximum Gasteiger partial charge on any atom is 0.325 e. The van der Waals surface area contributed by atoms with Gasteiger partial charge in [0.05, 0.1) is 12.6 Å². The van der Waals surface area contributed by atoms with Crippen LogP contribution in [0.5, 0.6) is 0 Å². The fourth-order valence-corrected chi connectivity index (χ4v) is 16.0. The maximum atomic E-state index is 15.6. The third kappa shape index (κ3) is 40.9. The number of H-pyrrole nitrogens is 2. The number of aromatic nitrogens is 2. The molecule has 6 rings (SSSR count). The number of thiol groups is 1. The minimum absolute atomic E-state index is 0.00544. The Morgan fingerprint density at radius 3 is 1.08 bits per heavy atom. The molecule has 766 valence electrons. The van der Waals surface area contributed by atoms with Gasteiger partial charge < -0.3 is 140 Å². The van der Waals surface area contributed by atoms with Crippen molar-refractivity contribution >= 4 is 153 Å². The lowest BCUT2D eigenvalue weighted by Gasteiger charge is -2.29. The molecule has 0 fully saturated rings. The number of unbranched alkanes of at least 4 members (excludes halogenated alkanes) is 3. The summed E-state index contributed by atoms with van der Waals surface area (Å²) in [7, 11) is 0. The zero-order valence-corrected chi connectivity index (χ0v) is 81.3. The number of fused-ring (bicyclic) bond motifs is 2. The first-order valence-electron chi connectivity index (χ1n) is 47.0. The minimum atomic E-state index is -1.78. The molecule has 0 unspecified atom stereocenters. The Morgan fingerprint density at radius 1 is 0.379 bits per heavy atom. The van der Waals surface area contributed by atoms with Gasteiger partial charge in [0.15, 0.2) is 11.9 Å². The van der Waals surface area contributed by atoms with Gasteiger partial charge in [-0.1, -0.05) is 111 Å². The number of hydrogen-bond donors (Lipinski definition) is 29. The molecule has 2 heterocycles. The number of guanidine groups is 2. The molecule has 0 aliphatic heterocycles. The molecule has 0 aliphatic carbocycles. The van der Waals surface area contributed by atoms with E-state index in [1.165, 1.54) is 18.7 Å². The van der Waals surface area contributed by atoms with Crippen molar-refractivity contribution < 1.29 is 81.8 Å². The van der Waals surface area contributed by atoms with E-state index in [0.29, 0.717) is 70.6 Å². The van der Waals surface area contributed by atoms with E-state index in [0.717, 1.165) is 5.56 Å². The number of amides is 15. The van der Waals surface area contributed by atoms with E-state index < -0.39 is 210 Å². The molecular weight excluding hydrogens is 1840 g/mol. The van der Waals surface area contributed by atoms with Crippen molar-refractivity contribution in [2.24, 2.45) is 46.1 Å². The summed E-state index contributed by atoms with van der Waals surface area (Å²) in [5.74, 6) is -15.7. The van der Waals surface area contributed by atoms with Gasteiger partial charge in [0.2, 0.25) is 88.6 Å². The molecule has 44 nitrogen and oxygen atoms in total. The average molecular weight is 1990 g/mol. The van der Waals surface area contributed by atoms with Gasteiger partial charge in [-0.3, -0.25) is 87.5 Å². The van der Waals surface area contributed by atoms with Gasteiger partial charge in [-0.05, 0) is 188 Å². The largest absolute Gasteiger partial charge is 0.480 e. The number of nitrogens with one attached hydrogen (secondary N) is 20. The van der Waals surface area contributed by atoms with E-state index in [1.807, 2.05) is 6.07 Å². The van der Waals surface area contributed by atoms with Crippen molar-refractivity contribution in [1.82, 2.24) is 95.0 Å². The number of aliphatic carboxylic acids is 1. The lowest BCUT2D eigenvalue weighted by molar-refractivity contribution is -0.141. The number of thioether (sulfide) groups is 1. The molecule has 15 amide bonds. The third-order valence-electron chi connectivity index (χ3n) is 22.9. The molecule has 0 bridgehead atoms. The predicted octanol–water partition coefficient (Wildman–Crippen LogP) is -2.32. The zero-order valence-electron chi connectivity index (χ0n) is 79.6. The summed E-state index contributed by atoms with van der Waals surface area (Å²) in [6, 6.07) is 11.3. The number of para-hydroxylation sites is 2. The van der Waals surface area contributed by atoms with Gasteiger partial charge in [-0.25, -0.2) is 0 Å². The summed E-state index contributed by atoms with van der Waals surface area (Å²) >= 11 is 5.73. The number of carbonyl (C=O) groups is 16. The van der Waals surface area contributed by atoms with Crippen LogP contribution in [-0.2, 0) is 102 Å². The summed E-state index contributed by atoms with van der Waals surface area (Å²) in [4.78, 5) is 236. The minimum Gasteiger partial charge on any atom is -0.480 e. The number of primary amides is 1. The Bertz CT molecular complexity index is 5090. The molecule has 2 aromatic heterocycles. The molecule has 14 atom stereocenters. The summed E-state index contributed by atoms with van der Waals surface area (Å²) in [5.41, 5.74) is 44.5. The number of carbonyl (C=O) groups excluding carboxylic acids is 15. The summed E-state index contributed by atoms with van der Waals surface area (Å²) in [6.07, 6.45) is 5.12. The molecule has 35 N–H and O–H groups in total. The fraction of sp³-hybridized carbons (Fsp3) is 0.511. The van der Waals surface area contributed by atoms with Crippen LogP contribution in [-0.4, -0.2) is 263 Å². The van der Waals surface area contributed by atoms with Gasteiger partial charge in [0.25, 0.3) is 0 Å².